The standard InChI is InChI=1S/C26H19NO5/c1-2-14-27-24(28)22-15-20-12-13-21(16-23(20)32-26(22)30)31-25(29)19-10-8-18(9-11-19)17-6-4-3-5-7-17/h2-13,15-16H,1,14H2,(H,27,28). The molecule has 1 amide bonds. The Hall–Kier alpha value is -4.45. The molecular weight excluding hydrogens is 406 g/mol. The maximum Gasteiger partial charge on any atom is 0.349 e. The molecule has 0 saturated carbocycles. The fourth-order valence-electron chi connectivity index (χ4n) is 3.17. The molecule has 6 nitrogen and oxygen atoms in total. The van der Waals surface area contributed by atoms with Crippen LogP contribution in [-0.4, -0.2) is 18.4 Å². The van der Waals surface area contributed by atoms with Crippen LogP contribution >= 0.6 is 0 Å². The molecule has 1 aromatic heterocycles. The Morgan fingerprint density at radius 2 is 1.66 bits per heavy atom. The second kappa shape index (κ2) is 9.14. The van der Waals surface area contributed by atoms with Gasteiger partial charge in [0, 0.05) is 18.0 Å². The van der Waals surface area contributed by atoms with Crippen molar-refractivity contribution in [2.45, 2.75) is 0 Å². The van der Waals surface area contributed by atoms with E-state index in [4.69, 9.17) is 9.15 Å². The second-order valence-electron chi connectivity index (χ2n) is 6.98. The van der Waals surface area contributed by atoms with Crippen molar-refractivity contribution in [1.29, 1.82) is 0 Å². The van der Waals surface area contributed by atoms with Crippen LogP contribution in [0.25, 0.3) is 22.1 Å². The molecule has 0 fully saturated rings. The van der Waals surface area contributed by atoms with Crippen LogP contribution in [0.15, 0.2) is 101 Å². The summed E-state index contributed by atoms with van der Waals surface area (Å²) in [5, 5.41) is 3.07. The molecular formula is C26H19NO5. The minimum absolute atomic E-state index is 0.109. The zero-order valence-corrected chi connectivity index (χ0v) is 17.0. The number of carbonyl (C=O) groups excluding carboxylic acids is 2. The highest BCUT2D eigenvalue weighted by atomic mass is 16.5. The van der Waals surface area contributed by atoms with Gasteiger partial charge < -0.3 is 14.5 Å². The molecule has 3 aromatic carbocycles. The first-order chi connectivity index (χ1) is 15.5. The summed E-state index contributed by atoms with van der Waals surface area (Å²) < 4.78 is 10.7. The molecule has 1 N–H and O–H groups in total. The summed E-state index contributed by atoms with van der Waals surface area (Å²) in [6, 6.07) is 23.0. The summed E-state index contributed by atoms with van der Waals surface area (Å²) in [5.74, 6) is -0.858. The van der Waals surface area contributed by atoms with Crippen molar-refractivity contribution in [1.82, 2.24) is 5.32 Å². The lowest BCUT2D eigenvalue weighted by molar-refractivity contribution is 0.0734. The van der Waals surface area contributed by atoms with Crippen LogP contribution in [0, 0.1) is 0 Å². The van der Waals surface area contributed by atoms with E-state index in [9.17, 15) is 14.4 Å². The molecule has 0 aliphatic carbocycles. The maximum absolute atomic E-state index is 12.5. The van der Waals surface area contributed by atoms with E-state index < -0.39 is 17.5 Å². The Labute approximate surface area is 183 Å². The molecule has 0 spiro atoms. The Bertz CT molecular complexity index is 1350. The van der Waals surface area contributed by atoms with Crippen LogP contribution in [0.2, 0.25) is 0 Å². The summed E-state index contributed by atoms with van der Waals surface area (Å²) in [5.41, 5.74) is 1.75. The molecule has 0 radical (unpaired) electrons. The van der Waals surface area contributed by atoms with Gasteiger partial charge in [-0.05, 0) is 41.5 Å². The Morgan fingerprint density at radius 3 is 2.38 bits per heavy atom. The van der Waals surface area contributed by atoms with Gasteiger partial charge in [0.1, 0.15) is 16.9 Å². The average Bonchev–Trinajstić information content (AvgIpc) is 2.82. The number of amides is 1. The number of esters is 1. The number of benzene rings is 3. The van der Waals surface area contributed by atoms with E-state index >= 15 is 0 Å². The van der Waals surface area contributed by atoms with Crippen molar-refractivity contribution in [2.24, 2.45) is 0 Å². The van der Waals surface area contributed by atoms with E-state index in [0.717, 1.165) is 11.1 Å². The minimum atomic E-state index is -0.779. The topological polar surface area (TPSA) is 85.6 Å². The summed E-state index contributed by atoms with van der Waals surface area (Å²) in [6.07, 6.45) is 1.51. The average molecular weight is 425 g/mol. The lowest BCUT2D eigenvalue weighted by Gasteiger charge is -2.07. The quantitative estimate of drug-likeness (QED) is 0.211. The Kier molecular flexibility index (Phi) is 5.94. The number of rotatable bonds is 6. The van der Waals surface area contributed by atoms with E-state index in [0.29, 0.717) is 10.9 Å². The van der Waals surface area contributed by atoms with Crippen molar-refractivity contribution in [2.75, 3.05) is 6.54 Å². The molecule has 32 heavy (non-hydrogen) atoms. The van der Waals surface area contributed by atoms with Crippen LogP contribution in [0.3, 0.4) is 0 Å². The van der Waals surface area contributed by atoms with Crippen molar-refractivity contribution in [3.8, 4) is 16.9 Å². The highest BCUT2D eigenvalue weighted by Gasteiger charge is 2.15. The SMILES string of the molecule is C=CCNC(=O)c1cc2ccc(OC(=O)c3ccc(-c4ccccc4)cc3)cc2oc1=O. The summed E-state index contributed by atoms with van der Waals surface area (Å²) in [4.78, 5) is 36.8. The monoisotopic (exact) mass is 425 g/mol. The fourth-order valence-corrected chi connectivity index (χ4v) is 3.17. The molecule has 0 aliphatic rings. The number of hydrogen-bond donors (Lipinski definition) is 1. The summed E-state index contributed by atoms with van der Waals surface area (Å²) in [7, 11) is 0. The van der Waals surface area contributed by atoms with Gasteiger partial charge >= 0.3 is 11.6 Å². The van der Waals surface area contributed by atoms with Crippen molar-refractivity contribution in [3.63, 3.8) is 0 Å². The van der Waals surface area contributed by atoms with Gasteiger partial charge in [0.05, 0.1) is 5.56 Å². The van der Waals surface area contributed by atoms with Crippen molar-refractivity contribution in [3.05, 3.63) is 113 Å². The predicted molar refractivity (Wildman–Crippen MR) is 122 cm³/mol. The first kappa shape index (κ1) is 20.8. The smallest absolute Gasteiger partial charge is 0.349 e. The van der Waals surface area contributed by atoms with Crippen LogP contribution in [0.4, 0.5) is 0 Å². The largest absolute Gasteiger partial charge is 0.423 e. The lowest BCUT2D eigenvalue weighted by atomic mass is 10.0. The zero-order valence-electron chi connectivity index (χ0n) is 17.0. The Balaban J connectivity index is 1.52. The molecule has 0 bridgehead atoms. The first-order valence-corrected chi connectivity index (χ1v) is 9.90. The zero-order chi connectivity index (χ0) is 22.5. The van der Waals surface area contributed by atoms with Crippen LogP contribution < -0.4 is 15.7 Å². The number of hydrogen-bond acceptors (Lipinski definition) is 5. The molecule has 4 rings (SSSR count). The van der Waals surface area contributed by atoms with Gasteiger partial charge in [-0.2, -0.15) is 0 Å². The number of carbonyl (C=O) groups is 2. The highest BCUT2D eigenvalue weighted by Crippen LogP contribution is 2.23. The molecule has 0 saturated heterocycles. The van der Waals surface area contributed by atoms with Gasteiger partial charge in [-0.3, -0.25) is 4.79 Å². The van der Waals surface area contributed by atoms with Gasteiger partial charge in [0.2, 0.25) is 0 Å². The van der Waals surface area contributed by atoms with Crippen molar-refractivity contribution < 1.29 is 18.7 Å². The third kappa shape index (κ3) is 4.49. The minimum Gasteiger partial charge on any atom is -0.423 e. The summed E-state index contributed by atoms with van der Waals surface area (Å²) in [6.45, 7) is 3.75. The predicted octanol–water partition coefficient (Wildman–Crippen LogP) is 4.60. The van der Waals surface area contributed by atoms with Crippen LogP contribution in [-0.2, 0) is 0 Å². The molecule has 1 heterocycles. The van der Waals surface area contributed by atoms with Crippen LogP contribution in [0.5, 0.6) is 5.75 Å². The summed E-state index contributed by atoms with van der Waals surface area (Å²) >= 11 is 0. The highest BCUT2D eigenvalue weighted by molar-refractivity contribution is 5.97. The third-order valence-corrected chi connectivity index (χ3v) is 4.80. The van der Waals surface area contributed by atoms with Crippen LogP contribution in [0.1, 0.15) is 20.7 Å². The molecule has 0 atom stereocenters. The molecule has 6 heteroatoms. The normalized spacial score (nSPS) is 10.5. The third-order valence-electron chi connectivity index (χ3n) is 4.80. The van der Waals surface area contributed by atoms with E-state index in [-0.39, 0.29) is 23.4 Å². The molecule has 4 aromatic rings. The van der Waals surface area contributed by atoms with E-state index in [1.807, 2.05) is 42.5 Å². The Morgan fingerprint density at radius 1 is 0.938 bits per heavy atom. The maximum atomic E-state index is 12.5. The molecule has 158 valence electrons. The van der Waals surface area contributed by atoms with Gasteiger partial charge in [0.25, 0.3) is 5.91 Å². The van der Waals surface area contributed by atoms with Crippen molar-refractivity contribution >= 4 is 22.8 Å². The van der Waals surface area contributed by atoms with Gasteiger partial charge in [0.15, 0.2) is 0 Å². The number of nitrogens with one attached hydrogen (secondary N) is 1. The van der Waals surface area contributed by atoms with Gasteiger partial charge in [-0.15, -0.1) is 6.58 Å². The van der Waals surface area contributed by atoms with E-state index in [2.05, 4.69) is 11.9 Å². The van der Waals surface area contributed by atoms with Gasteiger partial charge in [-0.1, -0.05) is 48.5 Å². The van der Waals surface area contributed by atoms with Gasteiger partial charge in [-0.25, -0.2) is 9.59 Å². The fraction of sp³-hybridized carbons (Fsp3) is 0.0385. The lowest BCUT2D eigenvalue weighted by Crippen LogP contribution is -2.28. The van der Waals surface area contributed by atoms with E-state index in [1.165, 1.54) is 18.2 Å². The van der Waals surface area contributed by atoms with E-state index in [1.54, 1.807) is 24.3 Å². The number of ether oxygens (including phenoxy) is 1. The molecule has 0 aliphatic heterocycles. The number of fused-ring (bicyclic) bond motifs is 1. The first-order valence-electron chi connectivity index (χ1n) is 9.90. The molecule has 0 unspecified atom stereocenters. The second-order valence-corrected chi connectivity index (χ2v) is 6.98.